The van der Waals surface area contributed by atoms with Crippen molar-refractivity contribution in [1.29, 1.82) is 0 Å². The van der Waals surface area contributed by atoms with Gasteiger partial charge in [-0.25, -0.2) is 4.98 Å². The molecule has 2 N–H and O–H groups in total. The lowest BCUT2D eigenvalue weighted by Gasteiger charge is -2.35. The number of aromatic nitrogens is 2. The highest BCUT2D eigenvalue weighted by Crippen LogP contribution is 2.23. The zero-order valence-corrected chi connectivity index (χ0v) is 12.2. The molecule has 22 heavy (non-hydrogen) atoms. The highest BCUT2D eigenvalue weighted by atomic mass is 16.3. The van der Waals surface area contributed by atoms with Crippen LogP contribution in [-0.2, 0) is 0 Å². The first kappa shape index (κ1) is 14.4. The van der Waals surface area contributed by atoms with Gasteiger partial charge in [0.25, 0.3) is 5.91 Å². The maximum absolute atomic E-state index is 12.5. The Morgan fingerprint density at radius 3 is 2.82 bits per heavy atom. The topological polar surface area (TPSA) is 75.1 Å². The molecule has 1 aromatic heterocycles. The van der Waals surface area contributed by atoms with Crippen LogP contribution in [0, 0.1) is 0 Å². The van der Waals surface area contributed by atoms with Crippen molar-refractivity contribution in [3.05, 3.63) is 60.5 Å². The van der Waals surface area contributed by atoms with Gasteiger partial charge in [0.1, 0.15) is 5.69 Å². The number of fused-ring (bicyclic) bond motifs is 1. The van der Waals surface area contributed by atoms with Crippen LogP contribution in [0.5, 0.6) is 0 Å². The van der Waals surface area contributed by atoms with Crippen LogP contribution in [0.1, 0.15) is 23.8 Å². The summed E-state index contributed by atoms with van der Waals surface area (Å²) < 4.78 is 0. The first-order chi connectivity index (χ1) is 10.6. The van der Waals surface area contributed by atoms with Gasteiger partial charge in [0.2, 0.25) is 0 Å². The van der Waals surface area contributed by atoms with E-state index in [1.165, 1.54) is 6.20 Å². The van der Waals surface area contributed by atoms with E-state index in [-0.39, 0.29) is 11.6 Å². The molecule has 3 rings (SSSR count). The van der Waals surface area contributed by atoms with Gasteiger partial charge in [0.15, 0.2) is 0 Å². The minimum Gasteiger partial charge on any atom is -0.386 e. The van der Waals surface area contributed by atoms with Crippen molar-refractivity contribution in [3.8, 4) is 0 Å². The molecule has 0 saturated heterocycles. The summed E-state index contributed by atoms with van der Waals surface area (Å²) in [6.45, 7) is 1.92. The third-order valence-corrected chi connectivity index (χ3v) is 3.94. The van der Waals surface area contributed by atoms with Crippen LogP contribution in [0.2, 0.25) is 0 Å². The number of hydrogen-bond acceptors (Lipinski definition) is 4. The average molecular weight is 295 g/mol. The van der Waals surface area contributed by atoms with Crippen molar-refractivity contribution in [3.63, 3.8) is 0 Å². The Bertz CT molecular complexity index is 769. The summed E-state index contributed by atoms with van der Waals surface area (Å²) in [5.41, 5.74) is 0.839. The minimum absolute atomic E-state index is 0.238. The molecule has 1 aromatic carbocycles. The van der Waals surface area contributed by atoms with Gasteiger partial charge in [-0.2, -0.15) is 0 Å². The molecule has 0 saturated carbocycles. The van der Waals surface area contributed by atoms with Gasteiger partial charge in [0.05, 0.1) is 28.9 Å². The van der Waals surface area contributed by atoms with E-state index in [2.05, 4.69) is 15.3 Å². The third-order valence-electron chi connectivity index (χ3n) is 3.94. The second-order valence-electron chi connectivity index (χ2n) is 5.28. The van der Waals surface area contributed by atoms with Crippen LogP contribution < -0.4 is 5.32 Å². The molecular weight excluding hydrogens is 278 g/mol. The fraction of sp³-hybridized carbons (Fsp3) is 0.235. The minimum atomic E-state index is -0.806. The maximum atomic E-state index is 12.5. The number of benzene rings is 1. The molecule has 0 fully saturated rings. The Labute approximate surface area is 128 Å². The van der Waals surface area contributed by atoms with Crippen LogP contribution in [0.3, 0.4) is 0 Å². The molecule has 1 unspecified atom stereocenters. The highest BCUT2D eigenvalue weighted by Gasteiger charge is 2.35. The van der Waals surface area contributed by atoms with E-state index in [0.29, 0.717) is 11.9 Å². The fourth-order valence-corrected chi connectivity index (χ4v) is 2.54. The molecule has 0 spiro atoms. The van der Waals surface area contributed by atoms with E-state index < -0.39 is 11.6 Å². The van der Waals surface area contributed by atoms with Crippen LogP contribution in [0.25, 0.3) is 11.0 Å². The van der Waals surface area contributed by atoms with Crippen LogP contribution in [0.15, 0.2) is 54.8 Å². The molecule has 1 heterocycles. The second-order valence-corrected chi connectivity index (χ2v) is 5.28. The normalized spacial score (nSPS) is 23.6. The smallest absolute Gasteiger partial charge is 0.272 e. The summed E-state index contributed by atoms with van der Waals surface area (Å²) in [5.74, 6) is -0.348. The standard InChI is InChI=1S/C17H17N3O2/c1-2-17(10-6-5-9-15(17)21)20-16(22)14-11-18-12-7-3-4-8-13(12)19-14/h3-11,15,21H,2H2,1H3,(H,20,22)/t15?,17-/m1/s1. The zero-order chi connectivity index (χ0) is 15.6. The SMILES string of the molecule is CC[C@@]1(NC(=O)c2cnc3ccccc3n2)C=CC=CC1O. The number of rotatable bonds is 3. The molecule has 5 heteroatoms. The molecular formula is C17H17N3O2. The number of hydrogen-bond donors (Lipinski definition) is 2. The average Bonchev–Trinajstić information content (AvgIpc) is 2.56. The first-order valence-corrected chi connectivity index (χ1v) is 7.23. The summed E-state index contributed by atoms with van der Waals surface area (Å²) in [4.78, 5) is 21.1. The van der Waals surface area contributed by atoms with Crippen molar-refractivity contribution in [2.75, 3.05) is 0 Å². The van der Waals surface area contributed by atoms with E-state index in [1.54, 1.807) is 12.2 Å². The predicted molar refractivity (Wildman–Crippen MR) is 84.3 cm³/mol. The van der Waals surface area contributed by atoms with Crippen LogP contribution in [-0.4, -0.2) is 32.6 Å². The Hall–Kier alpha value is -2.53. The van der Waals surface area contributed by atoms with Gasteiger partial charge in [-0.1, -0.05) is 43.4 Å². The highest BCUT2D eigenvalue weighted by molar-refractivity contribution is 5.94. The lowest BCUT2D eigenvalue weighted by molar-refractivity contribution is 0.0784. The molecule has 1 amide bonds. The molecule has 0 radical (unpaired) electrons. The predicted octanol–water partition coefficient (Wildman–Crippen LogP) is 2.00. The van der Waals surface area contributed by atoms with E-state index >= 15 is 0 Å². The van der Waals surface area contributed by atoms with Gasteiger partial charge in [-0.3, -0.25) is 9.78 Å². The molecule has 5 nitrogen and oxygen atoms in total. The van der Waals surface area contributed by atoms with Gasteiger partial charge in [-0.05, 0) is 18.6 Å². The monoisotopic (exact) mass is 295 g/mol. The molecule has 0 bridgehead atoms. The molecule has 1 aliphatic carbocycles. The molecule has 112 valence electrons. The summed E-state index contributed by atoms with van der Waals surface area (Å²) >= 11 is 0. The fourth-order valence-electron chi connectivity index (χ4n) is 2.54. The van der Waals surface area contributed by atoms with E-state index in [9.17, 15) is 9.90 Å². The number of aliphatic hydroxyl groups is 1. The summed E-state index contributed by atoms with van der Waals surface area (Å²) in [5, 5.41) is 13.1. The van der Waals surface area contributed by atoms with Crippen molar-refractivity contribution >= 4 is 16.9 Å². The van der Waals surface area contributed by atoms with Crippen LogP contribution >= 0.6 is 0 Å². The number of allylic oxidation sites excluding steroid dienone is 2. The molecule has 2 aromatic rings. The Morgan fingerprint density at radius 2 is 2.09 bits per heavy atom. The van der Waals surface area contributed by atoms with E-state index in [0.717, 1.165) is 5.52 Å². The lowest BCUT2D eigenvalue weighted by Crippen LogP contribution is -2.55. The van der Waals surface area contributed by atoms with Crippen molar-refractivity contribution < 1.29 is 9.90 Å². The number of para-hydroxylation sites is 2. The van der Waals surface area contributed by atoms with Gasteiger partial charge >= 0.3 is 0 Å². The van der Waals surface area contributed by atoms with Crippen molar-refractivity contribution in [2.24, 2.45) is 0 Å². The third kappa shape index (κ3) is 2.51. The van der Waals surface area contributed by atoms with Gasteiger partial charge in [0, 0.05) is 0 Å². The molecule has 0 aliphatic heterocycles. The summed E-state index contributed by atoms with van der Waals surface area (Å²) in [7, 11) is 0. The second kappa shape index (κ2) is 5.69. The van der Waals surface area contributed by atoms with Crippen molar-refractivity contribution in [1.82, 2.24) is 15.3 Å². The molecule has 2 atom stereocenters. The number of amides is 1. The maximum Gasteiger partial charge on any atom is 0.272 e. The number of nitrogens with one attached hydrogen (secondary N) is 1. The summed E-state index contributed by atoms with van der Waals surface area (Å²) in [6, 6.07) is 7.38. The number of nitrogens with zero attached hydrogens (tertiary/aromatic N) is 2. The molecule has 1 aliphatic rings. The Kier molecular flexibility index (Phi) is 3.73. The first-order valence-electron chi connectivity index (χ1n) is 7.23. The van der Waals surface area contributed by atoms with E-state index in [1.807, 2.05) is 43.3 Å². The number of aliphatic hydroxyl groups excluding tert-OH is 1. The quantitative estimate of drug-likeness (QED) is 0.908. The zero-order valence-electron chi connectivity index (χ0n) is 12.2. The van der Waals surface area contributed by atoms with Crippen LogP contribution in [0.4, 0.5) is 0 Å². The van der Waals surface area contributed by atoms with Crippen molar-refractivity contribution in [2.45, 2.75) is 25.0 Å². The summed E-state index contributed by atoms with van der Waals surface area (Å²) in [6.07, 6.45) is 8.32. The largest absolute Gasteiger partial charge is 0.386 e. The van der Waals surface area contributed by atoms with Gasteiger partial charge < -0.3 is 10.4 Å². The van der Waals surface area contributed by atoms with Gasteiger partial charge in [-0.15, -0.1) is 0 Å². The lowest BCUT2D eigenvalue weighted by atomic mass is 9.85. The number of carbonyl (C=O) groups is 1. The van der Waals surface area contributed by atoms with E-state index in [4.69, 9.17) is 0 Å². The Morgan fingerprint density at radius 1 is 1.32 bits per heavy atom. The number of carbonyl (C=O) groups excluding carboxylic acids is 1. The Balaban J connectivity index is 1.89.